The maximum Gasteiger partial charge on any atom is 0.0416 e. The van der Waals surface area contributed by atoms with Crippen LogP contribution < -0.4 is 5.32 Å². The van der Waals surface area contributed by atoms with Crippen LogP contribution in [0.5, 0.6) is 0 Å². The molecule has 2 fully saturated rings. The fourth-order valence-corrected chi connectivity index (χ4v) is 4.53. The van der Waals surface area contributed by atoms with E-state index < -0.39 is 0 Å². The van der Waals surface area contributed by atoms with Gasteiger partial charge in [-0.1, -0.05) is 13.0 Å². The summed E-state index contributed by atoms with van der Waals surface area (Å²) >= 11 is 1.90. The Labute approximate surface area is 108 Å². The van der Waals surface area contributed by atoms with Crippen molar-refractivity contribution >= 4 is 11.3 Å². The summed E-state index contributed by atoms with van der Waals surface area (Å²) in [6, 6.07) is 5.85. The van der Waals surface area contributed by atoms with Gasteiger partial charge in [-0.15, -0.1) is 11.3 Å². The predicted molar refractivity (Wildman–Crippen MR) is 73.4 cm³/mol. The van der Waals surface area contributed by atoms with E-state index in [4.69, 9.17) is 0 Å². The van der Waals surface area contributed by atoms with E-state index in [1.165, 1.54) is 30.9 Å². The molecule has 4 atom stereocenters. The van der Waals surface area contributed by atoms with Crippen molar-refractivity contribution in [2.75, 3.05) is 19.6 Å². The van der Waals surface area contributed by atoms with Crippen molar-refractivity contribution in [3.63, 3.8) is 0 Å². The molecule has 2 saturated heterocycles. The number of rotatable bonds is 3. The molecule has 1 aromatic rings. The molecule has 0 saturated carbocycles. The maximum atomic E-state index is 3.56. The van der Waals surface area contributed by atoms with Crippen LogP contribution in [0, 0.1) is 11.8 Å². The van der Waals surface area contributed by atoms with Crippen molar-refractivity contribution in [1.29, 1.82) is 0 Å². The van der Waals surface area contributed by atoms with Crippen LogP contribution in [-0.2, 0) is 0 Å². The van der Waals surface area contributed by atoms with Crippen molar-refractivity contribution < 1.29 is 0 Å². The van der Waals surface area contributed by atoms with Gasteiger partial charge in [-0.25, -0.2) is 0 Å². The highest BCUT2D eigenvalue weighted by atomic mass is 32.1. The SMILES string of the molecule is CCC1C2CNCC2CN1C(C)c1cccs1. The first-order chi connectivity index (χ1) is 8.31. The highest BCUT2D eigenvalue weighted by Crippen LogP contribution is 2.40. The first-order valence-corrected chi connectivity index (χ1v) is 7.69. The van der Waals surface area contributed by atoms with E-state index >= 15 is 0 Å². The third kappa shape index (κ3) is 1.94. The molecule has 3 heteroatoms. The molecule has 4 unspecified atom stereocenters. The van der Waals surface area contributed by atoms with Gasteiger partial charge < -0.3 is 5.32 Å². The van der Waals surface area contributed by atoms with E-state index in [2.05, 4.69) is 41.6 Å². The lowest BCUT2D eigenvalue weighted by molar-refractivity contribution is 0.168. The normalized spacial score (nSPS) is 35.1. The molecule has 0 aliphatic carbocycles. The van der Waals surface area contributed by atoms with E-state index in [-0.39, 0.29) is 0 Å². The summed E-state index contributed by atoms with van der Waals surface area (Å²) in [4.78, 5) is 4.28. The molecule has 3 heterocycles. The van der Waals surface area contributed by atoms with E-state index in [1.54, 1.807) is 0 Å². The van der Waals surface area contributed by atoms with Gasteiger partial charge in [0.05, 0.1) is 0 Å². The first kappa shape index (κ1) is 11.7. The van der Waals surface area contributed by atoms with E-state index in [0.29, 0.717) is 6.04 Å². The van der Waals surface area contributed by atoms with Gasteiger partial charge in [0.15, 0.2) is 0 Å². The Kier molecular flexibility index (Phi) is 3.24. The number of fused-ring (bicyclic) bond motifs is 1. The van der Waals surface area contributed by atoms with Crippen LogP contribution >= 0.6 is 11.3 Å². The van der Waals surface area contributed by atoms with Crippen molar-refractivity contribution in [3.05, 3.63) is 22.4 Å². The summed E-state index contributed by atoms with van der Waals surface area (Å²) in [6.07, 6.45) is 1.29. The predicted octanol–water partition coefficient (Wildman–Crippen LogP) is 2.74. The van der Waals surface area contributed by atoms with Gasteiger partial charge in [-0.2, -0.15) is 0 Å². The van der Waals surface area contributed by atoms with Gasteiger partial charge in [-0.05, 0) is 49.7 Å². The fourth-order valence-electron chi connectivity index (χ4n) is 3.73. The van der Waals surface area contributed by atoms with Gasteiger partial charge in [0.25, 0.3) is 0 Å². The zero-order valence-electron chi connectivity index (χ0n) is 10.7. The number of nitrogens with one attached hydrogen (secondary N) is 1. The largest absolute Gasteiger partial charge is 0.316 e. The Morgan fingerprint density at radius 3 is 3.12 bits per heavy atom. The second-order valence-corrected chi connectivity index (χ2v) is 6.43. The molecular weight excluding hydrogens is 228 g/mol. The van der Waals surface area contributed by atoms with E-state index in [9.17, 15) is 0 Å². The molecule has 17 heavy (non-hydrogen) atoms. The van der Waals surface area contributed by atoms with Gasteiger partial charge in [0.1, 0.15) is 0 Å². The highest BCUT2D eigenvalue weighted by molar-refractivity contribution is 7.10. The average Bonchev–Trinajstić information content (AvgIpc) is 3.03. The van der Waals surface area contributed by atoms with Crippen molar-refractivity contribution in [3.8, 4) is 0 Å². The summed E-state index contributed by atoms with van der Waals surface area (Å²) in [6.45, 7) is 8.48. The minimum Gasteiger partial charge on any atom is -0.316 e. The molecule has 1 N–H and O–H groups in total. The smallest absolute Gasteiger partial charge is 0.0416 e. The van der Waals surface area contributed by atoms with Crippen LogP contribution in [0.1, 0.15) is 31.2 Å². The zero-order valence-corrected chi connectivity index (χ0v) is 11.5. The van der Waals surface area contributed by atoms with Crippen molar-refractivity contribution in [1.82, 2.24) is 10.2 Å². The monoisotopic (exact) mass is 250 g/mol. The van der Waals surface area contributed by atoms with Gasteiger partial charge in [0.2, 0.25) is 0 Å². The topological polar surface area (TPSA) is 15.3 Å². The van der Waals surface area contributed by atoms with Crippen LogP contribution in [0.15, 0.2) is 17.5 Å². The molecule has 94 valence electrons. The number of nitrogens with zero attached hydrogens (tertiary/aromatic N) is 1. The maximum absolute atomic E-state index is 3.56. The minimum atomic E-state index is 0.602. The summed E-state index contributed by atoms with van der Waals surface area (Å²) in [7, 11) is 0. The molecule has 2 aliphatic heterocycles. The standard InChI is InChI=1S/C14H22N2S/c1-3-13-12-8-15-7-11(12)9-16(13)10(2)14-5-4-6-17-14/h4-6,10-13,15H,3,7-9H2,1-2H3. The second-order valence-electron chi connectivity index (χ2n) is 5.45. The second kappa shape index (κ2) is 4.71. The van der Waals surface area contributed by atoms with E-state index in [1.807, 2.05) is 11.3 Å². The number of thiophene rings is 1. The molecule has 0 spiro atoms. The molecule has 1 aromatic heterocycles. The van der Waals surface area contributed by atoms with Crippen molar-refractivity contribution in [2.24, 2.45) is 11.8 Å². The third-order valence-electron chi connectivity index (χ3n) is 4.63. The fraction of sp³-hybridized carbons (Fsp3) is 0.714. The van der Waals surface area contributed by atoms with Crippen LogP contribution in [0.2, 0.25) is 0 Å². The Morgan fingerprint density at radius 2 is 2.41 bits per heavy atom. The average molecular weight is 250 g/mol. The van der Waals surface area contributed by atoms with Crippen LogP contribution in [0.25, 0.3) is 0 Å². The molecule has 0 radical (unpaired) electrons. The van der Waals surface area contributed by atoms with Crippen LogP contribution in [0.4, 0.5) is 0 Å². The Hall–Kier alpha value is -0.380. The summed E-state index contributed by atoms with van der Waals surface area (Å²) in [5, 5.41) is 5.76. The van der Waals surface area contributed by atoms with Crippen LogP contribution in [0.3, 0.4) is 0 Å². The molecule has 2 nitrogen and oxygen atoms in total. The first-order valence-electron chi connectivity index (χ1n) is 6.81. The number of hydrogen-bond donors (Lipinski definition) is 1. The third-order valence-corrected chi connectivity index (χ3v) is 5.67. The Bertz CT molecular complexity index is 362. The van der Waals surface area contributed by atoms with Gasteiger partial charge in [0, 0.05) is 23.5 Å². The lowest BCUT2D eigenvalue weighted by Gasteiger charge is -2.31. The van der Waals surface area contributed by atoms with Crippen molar-refractivity contribution in [2.45, 2.75) is 32.4 Å². The summed E-state index contributed by atoms with van der Waals surface area (Å²) in [5.41, 5.74) is 0. The quantitative estimate of drug-likeness (QED) is 0.887. The van der Waals surface area contributed by atoms with Gasteiger partial charge >= 0.3 is 0 Å². The van der Waals surface area contributed by atoms with Gasteiger partial charge in [-0.3, -0.25) is 4.90 Å². The molecule has 0 aromatic carbocycles. The van der Waals surface area contributed by atoms with E-state index in [0.717, 1.165) is 17.9 Å². The lowest BCUT2D eigenvalue weighted by atomic mass is 9.92. The molecular formula is C14H22N2S. The number of hydrogen-bond acceptors (Lipinski definition) is 3. The highest BCUT2D eigenvalue weighted by Gasteiger charge is 2.44. The summed E-state index contributed by atoms with van der Waals surface area (Å²) in [5.74, 6) is 1.78. The number of likely N-dealkylation sites (tertiary alicyclic amines) is 1. The van der Waals surface area contributed by atoms with Crippen LogP contribution in [-0.4, -0.2) is 30.6 Å². The molecule has 3 rings (SSSR count). The Morgan fingerprint density at radius 1 is 1.53 bits per heavy atom. The summed E-state index contributed by atoms with van der Waals surface area (Å²) < 4.78 is 0. The minimum absolute atomic E-state index is 0.602. The molecule has 0 amide bonds. The lowest BCUT2D eigenvalue weighted by Crippen LogP contribution is -2.36. The molecule has 2 aliphatic rings. The molecule has 0 bridgehead atoms. The Balaban J connectivity index is 1.79. The zero-order chi connectivity index (χ0) is 11.8.